The number of amides is 1. The van der Waals surface area contributed by atoms with E-state index >= 15 is 0 Å². The van der Waals surface area contributed by atoms with Crippen LogP contribution in [0.4, 0.5) is 26.3 Å². The van der Waals surface area contributed by atoms with Gasteiger partial charge in [0, 0.05) is 24.5 Å². The van der Waals surface area contributed by atoms with E-state index in [1.807, 2.05) is 0 Å². The van der Waals surface area contributed by atoms with E-state index in [1.54, 1.807) is 0 Å². The minimum Gasteiger partial charge on any atom is -0.507 e. The topological polar surface area (TPSA) is 87.6 Å². The number of likely N-dealkylation sites (tertiary alicyclic amines) is 1. The van der Waals surface area contributed by atoms with Gasteiger partial charge in [0.1, 0.15) is 11.4 Å². The molecule has 1 amide bonds. The molecule has 210 valence electrons. The first-order valence-corrected chi connectivity index (χ1v) is 13.3. The van der Waals surface area contributed by atoms with E-state index in [4.69, 9.17) is 0 Å². The molecule has 13 heteroatoms. The van der Waals surface area contributed by atoms with Crippen LogP contribution in [0.25, 0.3) is 10.9 Å². The second-order valence-electron chi connectivity index (χ2n) is 9.96. The number of carbonyl (C=O) groups excluding carboxylic acids is 1. The van der Waals surface area contributed by atoms with Crippen molar-refractivity contribution in [1.29, 1.82) is 0 Å². The predicted molar refractivity (Wildman–Crippen MR) is 130 cm³/mol. The maximum absolute atomic E-state index is 13.4. The summed E-state index contributed by atoms with van der Waals surface area (Å²) in [6.07, 6.45) is -8.87. The summed E-state index contributed by atoms with van der Waals surface area (Å²) in [5, 5.41) is 10.1. The second-order valence-corrected chi connectivity index (χ2v) is 12.5. The first kappa shape index (κ1) is 28.7. The number of aromatic hydroxyl groups is 1. The Morgan fingerprint density at radius 1 is 0.923 bits per heavy atom. The van der Waals surface area contributed by atoms with Gasteiger partial charge < -0.3 is 10.0 Å². The average Bonchev–Trinajstić information content (AvgIpc) is 2.87. The minimum absolute atomic E-state index is 0.00505. The number of nitrogens with zero attached hydrogens (tertiary/aromatic N) is 2. The molecule has 1 aliphatic heterocycles. The summed E-state index contributed by atoms with van der Waals surface area (Å²) in [7, 11) is -4.18. The number of sulfone groups is 1. The zero-order valence-corrected chi connectivity index (χ0v) is 21.6. The van der Waals surface area contributed by atoms with Gasteiger partial charge in [-0.3, -0.25) is 4.79 Å². The van der Waals surface area contributed by atoms with Crippen molar-refractivity contribution in [3.63, 3.8) is 0 Å². The molecule has 1 fully saturated rings. The van der Waals surface area contributed by atoms with E-state index in [1.165, 1.54) is 18.7 Å². The number of rotatable bonds is 4. The van der Waals surface area contributed by atoms with E-state index in [9.17, 15) is 44.7 Å². The van der Waals surface area contributed by atoms with Gasteiger partial charge >= 0.3 is 12.4 Å². The molecule has 6 nitrogen and oxygen atoms in total. The fourth-order valence-corrected chi connectivity index (χ4v) is 6.62. The molecule has 1 aliphatic rings. The molecule has 1 saturated heterocycles. The lowest BCUT2D eigenvalue weighted by Gasteiger charge is -2.40. The summed E-state index contributed by atoms with van der Waals surface area (Å²) < 4.78 is 104. The van der Waals surface area contributed by atoms with Crippen LogP contribution in [0.5, 0.6) is 5.75 Å². The predicted octanol–water partition coefficient (Wildman–Crippen LogP) is 6.08. The largest absolute Gasteiger partial charge is 0.507 e. The highest BCUT2D eigenvalue weighted by Crippen LogP contribution is 2.40. The fourth-order valence-electron chi connectivity index (χ4n) is 4.80. The lowest BCUT2D eigenvalue weighted by atomic mass is 9.85. The van der Waals surface area contributed by atoms with Crippen LogP contribution in [0.2, 0.25) is 0 Å². The van der Waals surface area contributed by atoms with Crippen molar-refractivity contribution in [3.05, 3.63) is 65.4 Å². The molecular formula is C26H24F6N2O4S. The maximum Gasteiger partial charge on any atom is 0.416 e. The summed E-state index contributed by atoms with van der Waals surface area (Å²) in [6, 6.07) is 7.16. The number of alkyl halides is 6. The minimum atomic E-state index is -4.70. The highest BCUT2D eigenvalue weighted by molar-refractivity contribution is 7.92. The van der Waals surface area contributed by atoms with Gasteiger partial charge in [0.15, 0.2) is 9.84 Å². The van der Waals surface area contributed by atoms with Crippen LogP contribution in [0.1, 0.15) is 48.3 Å². The first-order valence-electron chi connectivity index (χ1n) is 11.8. The van der Waals surface area contributed by atoms with E-state index in [0.717, 1.165) is 42.5 Å². The molecule has 0 saturated carbocycles. The van der Waals surface area contributed by atoms with Gasteiger partial charge in [-0.25, -0.2) is 13.4 Å². The molecule has 1 N–H and O–H groups in total. The zero-order chi connectivity index (χ0) is 29.0. The summed E-state index contributed by atoms with van der Waals surface area (Å²) >= 11 is 0. The van der Waals surface area contributed by atoms with Crippen LogP contribution in [-0.2, 0) is 22.2 Å². The molecule has 2 heterocycles. The lowest BCUT2D eigenvalue weighted by Crippen LogP contribution is -2.47. The van der Waals surface area contributed by atoms with Crippen LogP contribution in [0.15, 0.2) is 53.4 Å². The van der Waals surface area contributed by atoms with Gasteiger partial charge in [-0.15, -0.1) is 0 Å². The number of hydrogen-bond acceptors (Lipinski definition) is 5. The molecule has 0 radical (unpaired) electrons. The van der Waals surface area contributed by atoms with Crippen molar-refractivity contribution in [2.45, 2.75) is 48.7 Å². The Morgan fingerprint density at radius 2 is 1.51 bits per heavy atom. The van der Waals surface area contributed by atoms with Crippen molar-refractivity contribution >= 4 is 26.6 Å². The number of pyridine rings is 1. The van der Waals surface area contributed by atoms with Gasteiger partial charge in [0.2, 0.25) is 0 Å². The molecule has 0 bridgehead atoms. The standard InChI is InChI=1S/C26H24F6N2O4S/c1-24(2,39(37,38)18-5-3-4-16(12-18)25(27,28)29)15-8-10-34(11-9-15)23(36)21-14-22(35)19-13-17(26(30,31)32)6-7-20(19)33-21/h3-7,12-15H,8-11H2,1-2H3,(H,33,35). The van der Waals surface area contributed by atoms with E-state index in [-0.39, 0.29) is 42.5 Å². The van der Waals surface area contributed by atoms with Gasteiger partial charge in [-0.2, -0.15) is 26.3 Å². The molecular weight excluding hydrogens is 550 g/mol. The van der Waals surface area contributed by atoms with Crippen LogP contribution in [0, 0.1) is 5.92 Å². The monoisotopic (exact) mass is 574 g/mol. The number of piperidine rings is 1. The van der Waals surface area contributed by atoms with E-state index < -0.39 is 60.5 Å². The molecule has 4 rings (SSSR count). The van der Waals surface area contributed by atoms with Gasteiger partial charge in [-0.05, 0) is 69.0 Å². The van der Waals surface area contributed by atoms with Crippen molar-refractivity contribution in [1.82, 2.24) is 9.88 Å². The third-order valence-corrected chi connectivity index (χ3v) is 9.86. The number of benzene rings is 2. The normalized spacial score (nSPS) is 16.1. The van der Waals surface area contributed by atoms with Crippen molar-refractivity contribution in [3.8, 4) is 5.75 Å². The average molecular weight is 575 g/mol. The highest BCUT2D eigenvalue weighted by atomic mass is 32.2. The first-order chi connectivity index (χ1) is 17.9. The van der Waals surface area contributed by atoms with Crippen molar-refractivity contribution in [2.24, 2.45) is 5.92 Å². The molecule has 0 spiro atoms. The summed E-state index contributed by atoms with van der Waals surface area (Å²) in [5.41, 5.74) is -2.24. The molecule has 3 aromatic rings. The van der Waals surface area contributed by atoms with Gasteiger partial charge in [0.05, 0.1) is 26.3 Å². The number of carbonyl (C=O) groups is 1. The molecule has 0 unspecified atom stereocenters. The number of hydrogen-bond donors (Lipinski definition) is 1. The molecule has 1 aromatic heterocycles. The number of aromatic nitrogens is 1. The Hall–Kier alpha value is -3.35. The summed E-state index contributed by atoms with van der Waals surface area (Å²) in [5.74, 6) is -1.62. The molecule has 2 aromatic carbocycles. The van der Waals surface area contributed by atoms with Crippen molar-refractivity contribution < 1.29 is 44.7 Å². The van der Waals surface area contributed by atoms with E-state index in [2.05, 4.69) is 4.98 Å². The maximum atomic E-state index is 13.4. The number of halogens is 6. The Kier molecular flexibility index (Phi) is 7.12. The number of fused-ring (bicyclic) bond motifs is 1. The van der Waals surface area contributed by atoms with Crippen LogP contribution in [-0.4, -0.2) is 47.2 Å². The Morgan fingerprint density at radius 3 is 2.10 bits per heavy atom. The van der Waals surface area contributed by atoms with Gasteiger partial charge in [-0.1, -0.05) is 6.07 Å². The highest BCUT2D eigenvalue weighted by Gasteiger charge is 2.45. The second kappa shape index (κ2) is 9.68. The van der Waals surface area contributed by atoms with Crippen LogP contribution in [0.3, 0.4) is 0 Å². The third-order valence-electron chi connectivity index (χ3n) is 7.26. The Labute approximate surface area is 220 Å². The van der Waals surface area contributed by atoms with Crippen LogP contribution < -0.4 is 0 Å². The Bertz CT molecular complexity index is 1530. The molecule has 0 aliphatic carbocycles. The third kappa shape index (κ3) is 5.41. The van der Waals surface area contributed by atoms with Crippen LogP contribution >= 0.6 is 0 Å². The smallest absolute Gasteiger partial charge is 0.416 e. The lowest BCUT2D eigenvalue weighted by molar-refractivity contribution is -0.138. The zero-order valence-electron chi connectivity index (χ0n) is 20.8. The van der Waals surface area contributed by atoms with E-state index in [0.29, 0.717) is 6.07 Å². The SMILES string of the molecule is CC(C)(C1CCN(C(=O)c2cc(O)c3cc(C(F)(F)F)ccc3n2)CC1)S(=O)(=O)c1cccc(C(F)(F)F)c1. The summed E-state index contributed by atoms with van der Waals surface area (Å²) in [4.78, 5) is 18.1. The summed E-state index contributed by atoms with van der Waals surface area (Å²) in [6.45, 7) is 3.11. The Balaban J connectivity index is 1.51. The quantitative estimate of drug-likeness (QED) is 0.382. The molecule has 39 heavy (non-hydrogen) atoms. The fraction of sp³-hybridized carbons (Fsp3) is 0.385. The molecule has 0 atom stereocenters. The van der Waals surface area contributed by atoms with Crippen molar-refractivity contribution in [2.75, 3.05) is 13.1 Å². The van der Waals surface area contributed by atoms with Gasteiger partial charge in [0.25, 0.3) is 5.91 Å².